The number of anilines is 2. The predicted octanol–water partition coefficient (Wildman–Crippen LogP) is 2.70. The Morgan fingerprint density at radius 1 is 1.29 bits per heavy atom. The second-order valence-corrected chi connectivity index (χ2v) is 5.57. The van der Waals surface area contributed by atoms with Gasteiger partial charge in [0.25, 0.3) is 0 Å². The largest absolute Gasteiger partial charge is 0.373 e. The van der Waals surface area contributed by atoms with E-state index in [0.29, 0.717) is 6.04 Å². The van der Waals surface area contributed by atoms with Gasteiger partial charge in [0.15, 0.2) is 0 Å². The molecule has 0 aliphatic rings. The van der Waals surface area contributed by atoms with Crippen LogP contribution in [0.25, 0.3) is 0 Å². The average Bonchev–Trinajstić information content (AvgIpc) is 2.26. The van der Waals surface area contributed by atoms with E-state index in [9.17, 15) is 0 Å². The molecule has 1 rings (SSSR count). The average molecular weight is 236 g/mol. The molecule has 0 saturated carbocycles. The maximum Gasteiger partial charge on any atom is 0.137 e. The van der Waals surface area contributed by atoms with Crippen LogP contribution >= 0.6 is 0 Å². The van der Waals surface area contributed by atoms with Gasteiger partial charge in [-0.15, -0.1) is 0 Å². The lowest BCUT2D eigenvalue weighted by molar-refractivity contribution is 0.328. The molecule has 96 valence electrons. The van der Waals surface area contributed by atoms with Crippen molar-refractivity contribution in [2.45, 2.75) is 40.7 Å². The van der Waals surface area contributed by atoms with Crippen molar-refractivity contribution in [1.82, 2.24) is 9.97 Å². The van der Waals surface area contributed by atoms with Gasteiger partial charge in [0.2, 0.25) is 0 Å². The van der Waals surface area contributed by atoms with Crippen LogP contribution in [0.5, 0.6) is 0 Å². The van der Waals surface area contributed by atoms with Gasteiger partial charge in [-0.2, -0.15) is 0 Å². The van der Waals surface area contributed by atoms with Crippen LogP contribution < -0.4 is 10.2 Å². The lowest BCUT2D eigenvalue weighted by Crippen LogP contribution is -2.40. The van der Waals surface area contributed by atoms with Crippen LogP contribution in [0.1, 0.15) is 33.3 Å². The molecular weight excluding hydrogens is 212 g/mol. The molecule has 1 aromatic rings. The molecule has 1 N–H and O–H groups in total. The van der Waals surface area contributed by atoms with Gasteiger partial charge in [-0.05, 0) is 19.3 Å². The van der Waals surface area contributed by atoms with Gasteiger partial charge in [0, 0.05) is 25.7 Å². The summed E-state index contributed by atoms with van der Waals surface area (Å²) >= 11 is 0. The van der Waals surface area contributed by atoms with Crippen molar-refractivity contribution in [3.8, 4) is 0 Å². The van der Waals surface area contributed by atoms with Crippen LogP contribution in [0.2, 0.25) is 0 Å². The summed E-state index contributed by atoms with van der Waals surface area (Å²) in [6, 6.07) is 0.404. The summed E-state index contributed by atoms with van der Waals surface area (Å²) in [5, 5.41) is 3.09. The van der Waals surface area contributed by atoms with Gasteiger partial charge in [-0.25, -0.2) is 9.97 Å². The zero-order valence-electron chi connectivity index (χ0n) is 12.0. The highest BCUT2D eigenvalue weighted by atomic mass is 15.2. The van der Waals surface area contributed by atoms with Crippen LogP contribution in [0.3, 0.4) is 0 Å². The van der Waals surface area contributed by atoms with E-state index in [4.69, 9.17) is 0 Å². The fraction of sp³-hybridized carbons (Fsp3) is 0.692. The van der Waals surface area contributed by atoms with Gasteiger partial charge in [-0.3, -0.25) is 0 Å². The molecule has 0 spiro atoms. The zero-order valence-corrected chi connectivity index (χ0v) is 12.0. The molecular formula is C13H24N4. The number of nitrogens with one attached hydrogen (secondary N) is 1. The Kier molecular flexibility index (Phi) is 3.96. The maximum absolute atomic E-state index is 4.40. The number of hydrogen-bond acceptors (Lipinski definition) is 4. The lowest BCUT2D eigenvalue weighted by Gasteiger charge is -2.36. The summed E-state index contributed by atoms with van der Waals surface area (Å²) in [4.78, 5) is 10.8. The molecule has 4 nitrogen and oxygen atoms in total. The lowest BCUT2D eigenvalue weighted by atomic mass is 9.87. The summed E-state index contributed by atoms with van der Waals surface area (Å²) in [6.07, 6.45) is 1.61. The minimum absolute atomic E-state index is 0.214. The van der Waals surface area contributed by atoms with Gasteiger partial charge in [0.05, 0.1) is 0 Å². The highest BCUT2D eigenvalue weighted by molar-refractivity contribution is 5.57. The highest BCUT2D eigenvalue weighted by Crippen LogP contribution is 2.29. The predicted molar refractivity (Wildman–Crippen MR) is 73.6 cm³/mol. The molecule has 1 unspecified atom stereocenters. The maximum atomic E-state index is 4.40. The van der Waals surface area contributed by atoms with Crippen molar-refractivity contribution >= 4 is 11.6 Å². The fourth-order valence-corrected chi connectivity index (χ4v) is 1.81. The molecule has 0 bridgehead atoms. The Bertz CT molecular complexity index is 381. The van der Waals surface area contributed by atoms with Crippen molar-refractivity contribution in [3.05, 3.63) is 11.9 Å². The summed E-state index contributed by atoms with van der Waals surface area (Å²) in [6.45, 7) is 11.0. The molecule has 0 aromatic carbocycles. The molecule has 0 amide bonds. The van der Waals surface area contributed by atoms with E-state index >= 15 is 0 Å². The number of hydrogen-bond donors (Lipinski definition) is 1. The van der Waals surface area contributed by atoms with Crippen molar-refractivity contribution in [2.75, 3.05) is 24.3 Å². The van der Waals surface area contributed by atoms with E-state index < -0.39 is 0 Å². The minimum atomic E-state index is 0.214. The second kappa shape index (κ2) is 4.90. The Morgan fingerprint density at radius 2 is 1.88 bits per heavy atom. The van der Waals surface area contributed by atoms with Crippen LogP contribution in [0.4, 0.5) is 11.6 Å². The smallest absolute Gasteiger partial charge is 0.137 e. The number of aromatic nitrogens is 2. The third-order valence-electron chi connectivity index (χ3n) is 3.46. The van der Waals surface area contributed by atoms with Gasteiger partial charge >= 0.3 is 0 Å². The van der Waals surface area contributed by atoms with E-state index in [1.54, 1.807) is 6.33 Å². The van der Waals surface area contributed by atoms with E-state index in [1.165, 1.54) is 0 Å². The van der Waals surface area contributed by atoms with E-state index in [-0.39, 0.29) is 5.41 Å². The van der Waals surface area contributed by atoms with Gasteiger partial charge in [-0.1, -0.05) is 20.8 Å². The third kappa shape index (κ3) is 2.87. The van der Waals surface area contributed by atoms with E-state index in [1.807, 2.05) is 14.0 Å². The van der Waals surface area contributed by atoms with Crippen molar-refractivity contribution in [3.63, 3.8) is 0 Å². The SMILES string of the molecule is CNc1ncnc(N(C)C(C)C(C)(C)C)c1C. The minimum Gasteiger partial charge on any atom is -0.373 e. The van der Waals surface area contributed by atoms with Crippen LogP contribution in [-0.2, 0) is 0 Å². The molecule has 4 heteroatoms. The normalized spacial score (nSPS) is 13.4. The van der Waals surface area contributed by atoms with Crippen LogP contribution in [0, 0.1) is 12.3 Å². The first-order valence-electron chi connectivity index (χ1n) is 6.01. The molecule has 1 heterocycles. The Hall–Kier alpha value is -1.32. The highest BCUT2D eigenvalue weighted by Gasteiger charge is 2.26. The molecule has 17 heavy (non-hydrogen) atoms. The Morgan fingerprint density at radius 3 is 2.35 bits per heavy atom. The molecule has 1 aromatic heterocycles. The first kappa shape index (κ1) is 13.7. The number of rotatable bonds is 3. The summed E-state index contributed by atoms with van der Waals surface area (Å²) in [5.41, 5.74) is 1.31. The zero-order chi connectivity index (χ0) is 13.2. The molecule has 0 aliphatic heterocycles. The van der Waals surface area contributed by atoms with Gasteiger partial charge in [0.1, 0.15) is 18.0 Å². The van der Waals surface area contributed by atoms with Gasteiger partial charge < -0.3 is 10.2 Å². The second-order valence-electron chi connectivity index (χ2n) is 5.57. The fourth-order valence-electron chi connectivity index (χ4n) is 1.81. The topological polar surface area (TPSA) is 41.1 Å². The molecule has 0 fully saturated rings. The standard InChI is InChI=1S/C13H24N4/c1-9-11(14-6)15-8-16-12(9)17(7)10(2)13(3,4)5/h8,10H,1-7H3,(H,14,15,16). The van der Waals surface area contributed by atoms with Crippen LogP contribution in [0.15, 0.2) is 6.33 Å². The molecule has 0 radical (unpaired) electrons. The number of nitrogens with zero attached hydrogens (tertiary/aromatic N) is 3. The van der Waals surface area contributed by atoms with E-state index in [2.05, 4.69) is 54.9 Å². The molecule has 0 saturated heterocycles. The third-order valence-corrected chi connectivity index (χ3v) is 3.46. The monoisotopic (exact) mass is 236 g/mol. The molecule has 0 aliphatic carbocycles. The molecule has 1 atom stereocenters. The van der Waals surface area contributed by atoms with E-state index in [0.717, 1.165) is 17.2 Å². The van der Waals surface area contributed by atoms with Crippen LogP contribution in [-0.4, -0.2) is 30.1 Å². The first-order valence-corrected chi connectivity index (χ1v) is 6.01. The van der Waals surface area contributed by atoms with Crippen molar-refractivity contribution in [2.24, 2.45) is 5.41 Å². The quantitative estimate of drug-likeness (QED) is 0.876. The van der Waals surface area contributed by atoms with Crippen molar-refractivity contribution < 1.29 is 0 Å². The Labute approximate surface area is 104 Å². The Balaban J connectivity index is 3.08. The van der Waals surface area contributed by atoms with Crippen molar-refractivity contribution in [1.29, 1.82) is 0 Å². The summed E-state index contributed by atoms with van der Waals surface area (Å²) < 4.78 is 0. The summed E-state index contributed by atoms with van der Waals surface area (Å²) in [7, 11) is 3.97. The first-order chi connectivity index (χ1) is 7.79. The summed E-state index contributed by atoms with van der Waals surface area (Å²) in [5.74, 6) is 1.88.